The van der Waals surface area contributed by atoms with Gasteiger partial charge in [0.15, 0.2) is 0 Å². The molecule has 0 aromatic heterocycles. The lowest BCUT2D eigenvalue weighted by Gasteiger charge is -1.97. The van der Waals surface area contributed by atoms with Crippen LogP contribution in [-0.2, 0) is 4.79 Å². The van der Waals surface area contributed by atoms with Crippen LogP contribution in [0.4, 0.5) is 0 Å². The number of rotatable bonds is 8. The Kier molecular flexibility index (Phi) is 12.2. The third-order valence-electron chi connectivity index (χ3n) is 3.04. The van der Waals surface area contributed by atoms with E-state index in [0.717, 1.165) is 24.7 Å². The molecule has 0 radical (unpaired) electrons. The van der Waals surface area contributed by atoms with Gasteiger partial charge < -0.3 is 9.90 Å². The summed E-state index contributed by atoms with van der Waals surface area (Å²) in [6.07, 6.45) is 10.8. The van der Waals surface area contributed by atoms with Crippen molar-refractivity contribution in [3.63, 3.8) is 0 Å². The Balaban J connectivity index is 0.000000356. The first-order valence-electron chi connectivity index (χ1n) is 7.40. The maximum absolute atomic E-state index is 9.94. The number of carbonyl (C=O) groups excluding carboxylic acids is 1. The number of unbranched alkanes of at least 4 members (excludes halogenated alkanes) is 7. The maximum Gasteiger partial charge on any atom is 0.119 e. The lowest BCUT2D eigenvalue weighted by Crippen LogP contribution is -1.80. The van der Waals surface area contributed by atoms with Crippen LogP contribution in [0.2, 0.25) is 0 Å². The number of hydrogen-bond acceptors (Lipinski definition) is 2. The van der Waals surface area contributed by atoms with Gasteiger partial charge in [-0.3, -0.25) is 0 Å². The van der Waals surface area contributed by atoms with Gasteiger partial charge in [0.25, 0.3) is 0 Å². The van der Waals surface area contributed by atoms with Gasteiger partial charge >= 0.3 is 0 Å². The molecule has 0 aliphatic heterocycles. The zero-order valence-electron chi connectivity index (χ0n) is 12.4. The van der Waals surface area contributed by atoms with Crippen LogP contribution in [0.15, 0.2) is 24.3 Å². The average Bonchev–Trinajstić information content (AvgIpc) is 2.42. The van der Waals surface area contributed by atoms with Crippen LogP contribution in [0, 0.1) is 6.92 Å². The highest BCUT2D eigenvalue weighted by Crippen LogP contribution is 2.12. The highest BCUT2D eigenvalue weighted by molar-refractivity contribution is 5.48. The SMILES string of the molecule is CCCCCCCCCC=O.Cc1ccccc1O. The molecule has 0 amide bonds. The number of aryl methyl sites for hydroxylation is 1. The number of aromatic hydroxyl groups is 1. The summed E-state index contributed by atoms with van der Waals surface area (Å²) < 4.78 is 0. The third-order valence-corrected chi connectivity index (χ3v) is 3.04. The standard InChI is InChI=1S/C10H20O.C7H8O/c1-2-3-4-5-6-7-8-9-10-11;1-6-4-2-3-5-7(6)8/h10H,2-9H2,1H3;2-5,8H,1H3. The van der Waals surface area contributed by atoms with Gasteiger partial charge in [0.1, 0.15) is 12.0 Å². The van der Waals surface area contributed by atoms with Crippen molar-refractivity contribution in [1.82, 2.24) is 0 Å². The number of carbonyl (C=O) groups is 1. The van der Waals surface area contributed by atoms with E-state index >= 15 is 0 Å². The highest BCUT2D eigenvalue weighted by Gasteiger charge is 1.89. The van der Waals surface area contributed by atoms with Crippen LogP contribution in [0.1, 0.15) is 63.9 Å². The first kappa shape index (κ1) is 17.7. The number of aldehydes is 1. The fourth-order valence-corrected chi connectivity index (χ4v) is 1.75. The van der Waals surface area contributed by atoms with Gasteiger partial charge in [0.05, 0.1) is 0 Å². The Morgan fingerprint density at radius 3 is 2.05 bits per heavy atom. The molecular weight excluding hydrogens is 236 g/mol. The van der Waals surface area contributed by atoms with Gasteiger partial charge in [-0.1, -0.05) is 63.6 Å². The van der Waals surface area contributed by atoms with E-state index in [-0.39, 0.29) is 0 Å². The Morgan fingerprint density at radius 1 is 1.00 bits per heavy atom. The number of hydrogen-bond donors (Lipinski definition) is 1. The predicted molar refractivity (Wildman–Crippen MR) is 81.5 cm³/mol. The van der Waals surface area contributed by atoms with Crippen molar-refractivity contribution in [3.8, 4) is 5.75 Å². The molecule has 19 heavy (non-hydrogen) atoms. The molecule has 0 unspecified atom stereocenters. The van der Waals surface area contributed by atoms with E-state index < -0.39 is 0 Å². The van der Waals surface area contributed by atoms with Gasteiger partial charge in [0, 0.05) is 6.42 Å². The van der Waals surface area contributed by atoms with Crippen molar-refractivity contribution in [1.29, 1.82) is 0 Å². The molecule has 1 rings (SSSR count). The van der Waals surface area contributed by atoms with Crippen molar-refractivity contribution in [2.24, 2.45) is 0 Å². The Morgan fingerprint density at radius 2 is 1.58 bits per heavy atom. The molecule has 0 aliphatic rings. The molecule has 1 aromatic carbocycles. The number of phenols is 1. The summed E-state index contributed by atoms with van der Waals surface area (Å²) in [4.78, 5) is 9.94. The summed E-state index contributed by atoms with van der Waals surface area (Å²) in [6, 6.07) is 7.25. The molecular formula is C17H28O2. The van der Waals surface area contributed by atoms with Crippen LogP contribution in [0.5, 0.6) is 5.75 Å². The second kappa shape index (κ2) is 13.1. The second-order valence-corrected chi connectivity index (χ2v) is 4.86. The number of para-hydroxylation sites is 1. The van der Waals surface area contributed by atoms with Crippen LogP contribution >= 0.6 is 0 Å². The molecule has 0 saturated heterocycles. The van der Waals surface area contributed by atoms with E-state index in [4.69, 9.17) is 5.11 Å². The maximum atomic E-state index is 9.94. The topological polar surface area (TPSA) is 37.3 Å². The quantitative estimate of drug-likeness (QED) is 0.528. The molecule has 2 nitrogen and oxygen atoms in total. The van der Waals surface area contributed by atoms with E-state index in [0.29, 0.717) is 5.75 Å². The normalized spacial score (nSPS) is 9.58. The van der Waals surface area contributed by atoms with Gasteiger partial charge in [-0.15, -0.1) is 0 Å². The highest BCUT2D eigenvalue weighted by atomic mass is 16.3. The lowest BCUT2D eigenvalue weighted by molar-refractivity contribution is -0.107. The molecule has 0 atom stereocenters. The van der Waals surface area contributed by atoms with Gasteiger partial charge in [-0.2, -0.15) is 0 Å². The summed E-state index contributed by atoms with van der Waals surface area (Å²) in [5.41, 5.74) is 0.924. The first-order valence-corrected chi connectivity index (χ1v) is 7.40. The van der Waals surface area contributed by atoms with E-state index in [2.05, 4.69) is 6.92 Å². The van der Waals surface area contributed by atoms with Crippen LogP contribution < -0.4 is 0 Å². The van der Waals surface area contributed by atoms with E-state index in [9.17, 15) is 4.79 Å². The molecule has 108 valence electrons. The summed E-state index contributed by atoms with van der Waals surface area (Å²) in [6.45, 7) is 4.10. The molecule has 1 aromatic rings. The minimum absolute atomic E-state index is 0.368. The monoisotopic (exact) mass is 264 g/mol. The summed E-state index contributed by atoms with van der Waals surface area (Å²) >= 11 is 0. The average molecular weight is 264 g/mol. The van der Waals surface area contributed by atoms with E-state index in [1.54, 1.807) is 6.07 Å². The number of phenolic OH excluding ortho intramolecular Hbond substituents is 1. The minimum atomic E-state index is 0.368. The molecule has 0 aliphatic carbocycles. The Hall–Kier alpha value is -1.31. The van der Waals surface area contributed by atoms with Gasteiger partial charge in [-0.25, -0.2) is 0 Å². The van der Waals surface area contributed by atoms with Crippen molar-refractivity contribution in [2.45, 2.75) is 65.2 Å². The third kappa shape index (κ3) is 11.5. The fourth-order valence-electron chi connectivity index (χ4n) is 1.75. The smallest absolute Gasteiger partial charge is 0.119 e. The fraction of sp³-hybridized carbons (Fsp3) is 0.588. The molecule has 0 fully saturated rings. The largest absolute Gasteiger partial charge is 0.508 e. The van der Waals surface area contributed by atoms with E-state index in [1.807, 2.05) is 25.1 Å². The molecule has 1 N–H and O–H groups in total. The molecule has 2 heteroatoms. The predicted octanol–water partition coefficient (Wildman–Crippen LogP) is 5.03. The van der Waals surface area contributed by atoms with Crippen molar-refractivity contribution in [3.05, 3.63) is 29.8 Å². The Bertz CT molecular complexity index is 300. The minimum Gasteiger partial charge on any atom is -0.508 e. The Labute approximate surface area is 117 Å². The second-order valence-electron chi connectivity index (χ2n) is 4.86. The number of benzene rings is 1. The van der Waals surface area contributed by atoms with E-state index in [1.165, 1.54) is 38.5 Å². The van der Waals surface area contributed by atoms with Crippen LogP contribution in [0.25, 0.3) is 0 Å². The zero-order valence-corrected chi connectivity index (χ0v) is 12.4. The van der Waals surface area contributed by atoms with Crippen LogP contribution in [0.3, 0.4) is 0 Å². The summed E-state index contributed by atoms with van der Waals surface area (Å²) in [5, 5.41) is 8.92. The summed E-state index contributed by atoms with van der Waals surface area (Å²) in [5.74, 6) is 0.368. The molecule has 0 heterocycles. The van der Waals surface area contributed by atoms with Gasteiger partial charge in [0.2, 0.25) is 0 Å². The zero-order chi connectivity index (χ0) is 14.3. The first-order chi connectivity index (χ1) is 9.22. The lowest BCUT2D eigenvalue weighted by atomic mass is 10.1. The molecule has 0 saturated carbocycles. The molecule has 0 spiro atoms. The molecule has 0 bridgehead atoms. The summed E-state index contributed by atoms with van der Waals surface area (Å²) in [7, 11) is 0. The van der Waals surface area contributed by atoms with Crippen LogP contribution in [-0.4, -0.2) is 11.4 Å². The van der Waals surface area contributed by atoms with Crippen molar-refractivity contribution in [2.75, 3.05) is 0 Å². The van der Waals surface area contributed by atoms with Crippen molar-refractivity contribution >= 4 is 6.29 Å². The van der Waals surface area contributed by atoms with Crippen molar-refractivity contribution < 1.29 is 9.90 Å². The van der Waals surface area contributed by atoms with Gasteiger partial charge in [-0.05, 0) is 25.0 Å².